The Balaban J connectivity index is 1.99. The Labute approximate surface area is 71.9 Å². The van der Waals surface area contributed by atoms with Gasteiger partial charge in [0.15, 0.2) is 0 Å². The maximum absolute atomic E-state index is 9.70. The van der Waals surface area contributed by atoms with E-state index in [1.165, 1.54) is 0 Å². The molecule has 0 aromatic heterocycles. The molecule has 0 bridgehead atoms. The molecule has 2 unspecified atom stereocenters. The molecule has 3 aliphatic rings. The minimum atomic E-state index is -0.245. The number of hydrogen-bond donors (Lipinski definition) is 2. The largest absolute Gasteiger partial charge is 0.393 e. The van der Waals surface area contributed by atoms with E-state index >= 15 is 0 Å². The third kappa shape index (κ3) is 0.679. The lowest BCUT2D eigenvalue weighted by molar-refractivity contribution is 0.0401. The van der Waals surface area contributed by atoms with Gasteiger partial charge in [-0.2, -0.15) is 0 Å². The smallest absolute Gasteiger partial charge is 0.0601 e. The zero-order valence-electron chi connectivity index (χ0n) is 6.93. The summed E-state index contributed by atoms with van der Waals surface area (Å²) in [5, 5.41) is 19.4. The van der Waals surface area contributed by atoms with Crippen molar-refractivity contribution in [1.29, 1.82) is 0 Å². The molecule has 2 heteroatoms. The van der Waals surface area contributed by atoms with E-state index in [1.807, 2.05) is 0 Å². The Bertz CT molecular complexity index is 214. The molecule has 3 rings (SSSR count). The molecular formula is C10H14O2. The van der Waals surface area contributed by atoms with Crippen LogP contribution in [-0.4, -0.2) is 22.4 Å². The lowest BCUT2D eigenvalue weighted by atomic mass is 9.91. The lowest BCUT2D eigenvalue weighted by Crippen LogP contribution is -2.25. The van der Waals surface area contributed by atoms with Crippen molar-refractivity contribution in [3.05, 3.63) is 12.2 Å². The van der Waals surface area contributed by atoms with Crippen molar-refractivity contribution in [2.45, 2.75) is 25.0 Å². The summed E-state index contributed by atoms with van der Waals surface area (Å²) in [6.07, 6.45) is 5.74. The number of allylic oxidation sites excluding steroid dienone is 2. The van der Waals surface area contributed by atoms with Gasteiger partial charge < -0.3 is 10.2 Å². The standard InChI is InChI=1S/C10H14O2/c11-7-3-5-1-2-6-4-8(12)10(7)9(5)6/h1-2,5-12H,3-4H2/t5-,6+,7-,8-,9?,10?/m1/s1. The predicted molar refractivity (Wildman–Crippen MR) is 44.3 cm³/mol. The van der Waals surface area contributed by atoms with E-state index in [2.05, 4.69) is 12.2 Å². The minimum Gasteiger partial charge on any atom is -0.393 e. The summed E-state index contributed by atoms with van der Waals surface area (Å²) >= 11 is 0. The van der Waals surface area contributed by atoms with Gasteiger partial charge >= 0.3 is 0 Å². The number of aliphatic hydroxyl groups is 2. The van der Waals surface area contributed by atoms with Crippen molar-refractivity contribution in [3.8, 4) is 0 Å². The zero-order chi connectivity index (χ0) is 8.29. The average Bonchev–Trinajstić information content (AvgIpc) is 2.57. The third-order valence-corrected chi connectivity index (χ3v) is 3.95. The fourth-order valence-electron chi connectivity index (χ4n) is 3.54. The maximum atomic E-state index is 9.70. The van der Waals surface area contributed by atoms with Gasteiger partial charge in [0.25, 0.3) is 0 Å². The summed E-state index contributed by atoms with van der Waals surface area (Å²) in [5.74, 6) is 1.87. The molecule has 6 atom stereocenters. The van der Waals surface area contributed by atoms with Crippen LogP contribution in [0, 0.1) is 23.7 Å². The summed E-state index contributed by atoms with van der Waals surface area (Å²) in [6, 6.07) is 0. The van der Waals surface area contributed by atoms with Gasteiger partial charge in [0.1, 0.15) is 0 Å². The molecule has 2 saturated carbocycles. The van der Waals surface area contributed by atoms with Crippen molar-refractivity contribution < 1.29 is 10.2 Å². The van der Waals surface area contributed by atoms with Crippen LogP contribution >= 0.6 is 0 Å². The van der Waals surface area contributed by atoms with Gasteiger partial charge in [-0.15, -0.1) is 0 Å². The van der Waals surface area contributed by atoms with Gasteiger partial charge in [-0.05, 0) is 30.6 Å². The Kier molecular flexibility index (Phi) is 1.25. The molecule has 2 N–H and O–H groups in total. The first-order valence-electron chi connectivity index (χ1n) is 4.82. The van der Waals surface area contributed by atoms with Crippen LogP contribution < -0.4 is 0 Å². The highest BCUT2D eigenvalue weighted by atomic mass is 16.3. The normalized spacial score (nSPS) is 61.2. The van der Waals surface area contributed by atoms with E-state index in [0.717, 1.165) is 12.8 Å². The Morgan fingerprint density at radius 3 is 1.83 bits per heavy atom. The third-order valence-electron chi connectivity index (χ3n) is 3.95. The van der Waals surface area contributed by atoms with Crippen molar-refractivity contribution in [3.63, 3.8) is 0 Å². The van der Waals surface area contributed by atoms with E-state index < -0.39 is 0 Å². The molecule has 0 amide bonds. The van der Waals surface area contributed by atoms with Crippen LogP contribution in [0.25, 0.3) is 0 Å². The average molecular weight is 166 g/mol. The van der Waals surface area contributed by atoms with Crippen LogP contribution in [-0.2, 0) is 0 Å². The maximum Gasteiger partial charge on any atom is 0.0601 e. The van der Waals surface area contributed by atoms with Crippen molar-refractivity contribution in [2.24, 2.45) is 23.7 Å². The van der Waals surface area contributed by atoms with Crippen molar-refractivity contribution in [1.82, 2.24) is 0 Å². The summed E-state index contributed by atoms with van der Waals surface area (Å²) in [5.41, 5.74) is 0. The summed E-state index contributed by atoms with van der Waals surface area (Å²) < 4.78 is 0. The Hall–Kier alpha value is -0.340. The molecule has 66 valence electrons. The first kappa shape index (κ1) is 7.10. The van der Waals surface area contributed by atoms with Crippen LogP contribution in [0.1, 0.15) is 12.8 Å². The van der Waals surface area contributed by atoms with Gasteiger partial charge in [-0.1, -0.05) is 12.2 Å². The molecule has 0 aromatic rings. The van der Waals surface area contributed by atoms with Gasteiger partial charge in [0.2, 0.25) is 0 Å². The summed E-state index contributed by atoms with van der Waals surface area (Å²) in [7, 11) is 0. The molecule has 2 fully saturated rings. The van der Waals surface area contributed by atoms with E-state index in [4.69, 9.17) is 0 Å². The summed E-state index contributed by atoms with van der Waals surface area (Å²) in [6.45, 7) is 0. The van der Waals surface area contributed by atoms with E-state index in [9.17, 15) is 10.2 Å². The fourth-order valence-corrected chi connectivity index (χ4v) is 3.54. The monoisotopic (exact) mass is 166 g/mol. The van der Waals surface area contributed by atoms with E-state index in [-0.39, 0.29) is 18.1 Å². The van der Waals surface area contributed by atoms with Crippen LogP contribution in [0.2, 0.25) is 0 Å². The second-order valence-corrected chi connectivity index (χ2v) is 4.47. The second kappa shape index (κ2) is 2.12. The number of aliphatic hydroxyl groups excluding tert-OH is 2. The first-order valence-corrected chi connectivity index (χ1v) is 4.82. The van der Waals surface area contributed by atoms with Crippen LogP contribution in [0.15, 0.2) is 12.2 Å². The highest BCUT2D eigenvalue weighted by molar-refractivity contribution is 5.18. The SMILES string of the molecule is O[C@@H]1C[C@H]2C=C[C@H]3C[C@@H](O)C1C23. The molecule has 0 spiro atoms. The molecule has 0 saturated heterocycles. The van der Waals surface area contributed by atoms with E-state index in [0.29, 0.717) is 17.8 Å². The van der Waals surface area contributed by atoms with Crippen LogP contribution in [0.3, 0.4) is 0 Å². The molecule has 3 aliphatic carbocycles. The van der Waals surface area contributed by atoms with Gasteiger partial charge in [-0.3, -0.25) is 0 Å². The Morgan fingerprint density at radius 2 is 1.33 bits per heavy atom. The minimum absolute atomic E-state index is 0.176. The molecule has 0 aliphatic heterocycles. The molecular weight excluding hydrogens is 152 g/mol. The summed E-state index contributed by atoms with van der Waals surface area (Å²) in [4.78, 5) is 0. The van der Waals surface area contributed by atoms with Crippen molar-refractivity contribution >= 4 is 0 Å². The first-order chi connectivity index (χ1) is 5.77. The van der Waals surface area contributed by atoms with Gasteiger partial charge in [0, 0.05) is 5.92 Å². The predicted octanol–water partition coefficient (Wildman–Crippen LogP) is 0.550. The number of hydrogen-bond acceptors (Lipinski definition) is 2. The fraction of sp³-hybridized carbons (Fsp3) is 0.800. The van der Waals surface area contributed by atoms with Gasteiger partial charge in [-0.25, -0.2) is 0 Å². The van der Waals surface area contributed by atoms with Crippen LogP contribution in [0.4, 0.5) is 0 Å². The lowest BCUT2D eigenvalue weighted by Gasteiger charge is -2.17. The van der Waals surface area contributed by atoms with Gasteiger partial charge in [0.05, 0.1) is 12.2 Å². The molecule has 12 heavy (non-hydrogen) atoms. The topological polar surface area (TPSA) is 40.5 Å². The highest BCUT2D eigenvalue weighted by Crippen LogP contribution is 2.55. The quantitative estimate of drug-likeness (QED) is 0.516. The highest BCUT2D eigenvalue weighted by Gasteiger charge is 2.54. The van der Waals surface area contributed by atoms with Crippen molar-refractivity contribution in [2.75, 3.05) is 0 Å². The molecule has 0 radical (unpaired) electrons. The molecule has 2 nitrogen and oxygen atoms in total. The number of rotatable bonds is 0. The Morgan fingerprint density at radius 1 is 0.833 bits per heavy atom. The molecule has 0 heterocycles. The molecule has 0 aromatic carbocycles. The van der Waals surface area contributed by atoms with E-state index in [1.54, 1.807) is 0 Å². The second-order valence-electron chi connectivity index (χ2n) is 4.47. The zero-order valence-corrected chi connectivity index (χ0v) is 6.93. The van der Waals surface area contributed by atoms with Crippen LogP contribution in [0.5, 0.6) is 0 Å².